The fraction of sp³-hybridized carbons (Fsp3) is 1.00. The van der Waals surface area contributed by atoms with Gasteiger partial charge in [-0.3, -0.25) is 0 Å². The molecular weight excluding hydrogens is 194 g/mol. The highest BCUT2D eigenvalue weighted by molar-refractivity contribution is 6.74. The van der Waals surface area contributed by atoms with Crippen LogP contribution in [0.4, 0.5) is 0 Å². The minimum absolute atomic E-state index is 0.162. The Labute approximate surface area is 88.8 Å². The highest BCUT2D eigenvalue weighted by Crippen LogP contribution is 2.37. The van der Waals surface area contributed by atoms with Gasteiger partial charge in [0.2, 0.25) is 0 Å². The summed E-state index contributed by atoms with van der Waals surface area (Å²) in [6.07, 6.45) is -0.338. The van der Waals surface area contributed by atoms with E-state index in [9.17, 15) is 5.11 Å². The molecule has 4 heteroatoms. The molecule has 0 aromatic carbocycles. The molecule has 0 spiro atoms. The molecule has 0 rings (SSSR count). The van der Waals surface area contributed by atoms with Crippen LogP contribution in [0, 0.1) is 0 Å². The van der Waals surface area contributed by atoms with E-state index in [0.717, 1.165) is 6.42 Å². The molecule has 1 unspecified atom stereocenters. The Balaban J connectivity index is 4.48. The number of rotatable bonds is 4. The first kappa shape index (κ1) is 14.1. The number of aliphatic hydroxyl groups excluding tert-OH is 1. The van der Waals surface area contributed by atoms with Crippen LogP contribution >= 0.6 is 0 Å². The van der Waals surface area contributed by atoms with Crippen molar-refractivity contribution < 1.29 is 9.53 Å². The molecule has 3 N–H and O–H groups in total. The summed E-state index contributed by atoms with van der Waals surface area (Å²) in [6.45, 7) is 12.8. The molecule has 0 saturated heterocycles. The second kappa shape index (κ2) is 4.75. The number of aliphatic hydroxyl groups is 1. The Morgan fingerprint density at radius 1 is 1.36 bits per heavy atom. The molecule has 0 saturated carbocycles. The van der Waals surface area contributed by atoms with Crippen LogP contribution in [0.15, 0.2) is 0 Å². The Hall–Kier alpha value is 0.0969. The van der Waals surface area contributed by atoms with Gasteiger partial charge in [-0.25, -0.2) is 0 Å². The quantitative estimate of drug-likeness (QED) is 0.562. The van der Waals surface area contributed by atoms with Crippen molar-refractivity contribution in [2.45, 2.75) is 64.6 Å². The molecule has 0 fully saturated rings. The Morgan fingerprint density at radius 2 is 1.79 bits per heavy atom. The third-order valence-electron chi connectivity index (χ3n) is 3.04. The lowest BCUT2D eigenvalue weighted by Gasteiger charge is -2.39. The first-order chi connectivity index (χ1) is 6.12. The zero-order valence-corrected chi connectivity index (χ0v) is 11.3. The maximum atomic E-state index is 9.32. The normalized spacial score (nSPS) is 18.0. The van der Waals surface area contributed by atoms with Gasteiger partial charge >= 0.3 is 0 Å². The lowest BCUT2D eigenvalue weighted by molar-refractivity contribution is 0.0296. The van der Waals surface area contributed by atoms with Crippen LogP contribution in [0.2, 0.25) is 18.1 Å². The van der Waals surface area contributed by atoms with E-state index in [0.29, 0.717) is 0 Å². The molecule has 0 aliphatic heterocycles. The first-order valence-electron chi connectivity index (χ1n) is 5.23. The van der Waals surface area contributed by atoms with Gasteiger partial charge in [0.25, 0.3) is 0 Å². The van der Waals surface area contributed by atoms with Gasteiger partial charge in [-0.15, -0.1) is 0 Å². The van der Waals surface area contributed by atoms with E-state index in [1.807, 2.05) is 6.92 Å². The topological polar surface area (TPSA) is 55.5 Å². The van der Waals surface area contributed by atoms with Crippen LogP contribution in [-0.2, 0) is 4.43 Å². The van der Waals surface area contributed by atoms with Crippen molar-refractivity contribution in [2.75, 3.05) is 0 Å². The zero-order chi connectivity index (χ0) is 11.6. The third-order valence-corrected chi connectivity index (χ3v) is 7.54. The lowest BCUT2D eigenvalue weighted by atomic mass is 10.2. The summed E-state index contributed by atoms with van der Waals surface area (Å²) in [4.78, 5) is 0. The van der Waals surface area contributed by atoms with Crippen molar-refractivity contribution in [1.29, 1.82) is 0 Å². The molecular formula is C10H25NO2Si. The van der Waals surface area contributed by atoms with Crippen LogP contribution in [0.5, 0.6) is 0 Å². The third kappa shape index (κ3) is 3.69. The number of hydrogen-bond acceptors (Lipinski definition) is 3. The second-order valence-electron chi connectivity index (χ2n) is 5.32. The van der Waals surface area contributed by atoms with Gasteiger partial charge in [0.05, 0.1) is 6.10 Å². The Kier molecular flexibility index (Phi) is 4.78. The van der Waals surface area contributed by atoms with Crippen molar-refractivity contribution in [2.24, 2.45) is 5.73 Å². The highest BCUT2D eigenvalue weighted by Gasteiger charge is 2.39. The second-order valence-corrected chi connectivity index (χ2v) is 10.1. The van der Waals surface area contributed by atoms with Gasteiger partial charge in [-0.1, -0.05) is 27.7 Å². The number of nitrogens with two attached hydrogens (primary N) is 1. The van der Waals surface area contributed by atoms with Crippen molar-refractivity contribution in [3.63, 3.8) is 0 Å². The SMILES string of the molecule is CC[C@H](O[Si](C)(C)C(C)(C)C)C(N)O. The van der Waals surface area contributed by atoms with Crippen LogP contribution in [0.1, 0.15) is 34.1 Å². The maximum absolute atomic E-state index is 9.32. The zero-order valence-electron chi connectivity index (χ0n) is 10.3. The van der Waals surface area contributed by atoms with Gasteiger partial charge < -0.3 is 15.3 Å². The van der Waals surface area contributed by atoms with Gasteiger partial charge in [0.1, 0.15) is 6.23 Å². The van der Waals surface area contributed by atoms with Crippen molar-refractivity contribution in [3.8, 4) is 0 Å². The average Bonchev–Trinajstić information content (AvgIpc) is 1.97. The summed E-state index contributed by atoms with van der Waals surface area (Å²) >= 11 is 0. The van der Waals surface area contributed by atoms with Crippen LogP contribution < -0.4 is 5.73 Å². The Bertz CT molecular complexity index is 175. The summed E-state index contributed by atoms with van der Waals surface area (Å²) < 4.78 is 5.98. The fourth-order valence-corrected chi connectivity index (χ4v) is 2.37. The maximum Gasteiger partial charge on any atom is 0.192 e. The summed E-state index contributed by atoms with van der Waals surface area (Å²) in [5.41, 5.74) is 5.45. The molecule has 3 nitrogen and oxygen atoms in total. The predicted molar refractivity (Wildman–Crippen MR) is 62.6 cm³/mol. The van der Waals surface area contributed by atoms with Crippen molar-refractivity contribution >= 4 is 8.32 Å². The van der Waals surface area contributed by atoms with E-state index in [1.54, 1.807) is 0 Å². The standard InChI is InChI=1S/C10H25NO2Si/c1-7-8(9(11)12)13-14(5,6)10(2,3)4/h8-9,12H,7,11H2,1-6H3/t8-,9?/m0/s1. The smallest absolute Gasteiger partial charge is 0.192 e. The monoisotopic (exact) mass is 219 g/mol. The molecule has 0 amide bonds. The molecule has 0 aliphatic rings. The molecule has 0 bridgehead atoms. The molecule has 0 aromatic heterocycles. The van der Waals surface area contributed by atoms with Gasteiger partial charge in [-0.05, 0) is 24.6 Å². The predicted octanol–water partition coefficient (Wildman–Crippen LogP) is 2.06. The summed E-state index contributed by atoms with van der Waals surface area (Å²) in [7, 11) is -1.79. The van der Waals surface area contributed by atoms with E-state index >= 15 is 0 Å². The van der Waals surface area contributed by atoms with E-state index in [-0.39, 0.29) is 11.1 Å². The molecule has 2 atom stereocenters. The largest absolute Gasteiger partial charge is 0.410 e. The summed E-state index contributed by atoms with van der Waals surface area (Å²) in [5.74, 6) is 0. The minimum Gasteiger partial charge on any atom is -0.410 e. The van der Waals surface area contributed by atoms with Crippen molar-refractivity contribution in [3.05, 3.63) is 0 Å². The molecule has 0 aliphatic carbocycles. The number of hydrogen-bond donors (Lipinski definition) is 2. The highest BCUT2D eigenvalue weighted by atomic mass is 28.4. The first-order valence-corrected chi connectivity index (χ1v) is 8.14. The van der Waals surface area contributed by atoms with Gasteiger partial charge in [-0.2, -0.15) is 0 Å². The van der Waals surface area contributed by atoms with E-state index in [4.69, 9.17) is 10.2 Å². The van der Waals surface area contributed by atoms with E-state index in [2.05, 4.69) is 33.9 Å². The molecule has 0 aromatic rings. The lowest BCUT2D eigenvalue weighted by Crippen LogP contribution is -2.49. The van der Waals surface area contributed by atoms with Gasteiger partial charge in [0.15, 0.2) is 8.32 Å². The van der Waals surface area contributed by atoms with Crippen LogP contribution in [0.3, 0.4) is 0 Å². The van der Waals surface area contributed by atoms with Crippen molar-refractivity contribution in [1.82, 2.24) is 0 Å². The van der Waals surface area contributed by atoms with E-state index < -0.39 is 14.5 Å². The van der Waals surface area contributed by atoms with Crippen LogP contribution in [0.25, 0.3) is 0 Å². The average molecular weight is 219 g/mol. The molecule has 14 heavy (non-hydrogen) atoms. The minimum atomic E-state index is -1.79. The molecule has 86 valence electrons. The molecule has 0 heterocycles. The summed E-state index contributed by atoms with van der Waals surface area (Å²) in [5, 5.41) is 9.48. The summed E-state index contributed by atoms with van der Waals surface area (Å²) in [6, 6.07) is 0. The van der Waals surface area contributed by atoms with E-state index in [1.165, 1.54) is 0 Å². The fourth-order valence-electron chi connectivity index (χ4n) is 0.950. The van der Waals surface area contributed by atoms with Gasteiger partial charge in [0, 0.05) is 0 Å². The van der Waals surface area contributed by atoms with Crippen LogP contribution in [-0.4, -0.2) is 25.8 Å². The Morgan fingerprint density at radius 3 is 2.00 bits per heavy atom. The molecule has 0 radical (unpaired) electrons.